The third-order valence-electron chi connectivity index (χ3n) is 2.39. The number of hydrogen-bond donors (Lipinski definition) is 3. The summed E-state index contributed by atoms with van der Waals surface area (Å²) in [6.45, 7) is 0.505. The molecular formula is C10H12N2O2. The molecule has 0 bridgehead atoms. The van der Waals surface area contributed by atoms with Crippen LogP contribution < -0.4 is 10.8 Å². The number of fused-ring (bicyclic) bond motifs is 1. The van der Waals surface area contributed by atoms with Gasteiger partial charge in [-0.3, -0.25) is 4.79 Å². The highest BCUT2D eigenvalue weighted by Crippen LogP contribution is 2.26. The zero-order valence-corrected chi connectivity index (χ0v) is 7.71. The van der Waals surface area contributed by atoms with Gasteiger partial charge in [-0.2, -0.15) is 0 Å². The number of amides is 1. The SMILES string of the molecule is O=C1Cc2c(CCNO)cccc2N1. The van der Waals surface area contributed by atoms with Crippen molar-refractivity contribution in [2.24, 2.45) is 0 Å². The van der Waals surface area contributed by atoms with E-state index >= 15 is 0 Å². The van der Waals surface area contributed by atoms with Crippen LogP contribution in [0.5, 0.6) is 0 Å². The molecule has 1 aliphatic heterocycles. The minimum atomic E-state index is 0.0457. The Morgan fingerprint density at radius 1 is 1.50 bits per heavy atom. The summed E-state index contributed by atoms with van der Waals surface area (Å²) in [5.41, 5.74) is 5.20. The Balaban J connectivity index is 2.25. The maximum absolute atomic E-state index is 11.1. The van der Waals surface area contributed by atoms with Gasteiger partial charge in [-0.15, -0.1) is 0 Å². The summed E-state index contributed by atoms with van der Waals surface area (Å²) >= 11 is 0. The van der Waals surface area contributed by atoms with Crippen molar-refractivity contribution in [3.05, 3.63) is 29.3 Å². The van der Waals surface area contributed by atoms with Gasteiger partial charge >= 0.3 is 0 Å². The van der Waals surface area contributed by atoms with Gasteiger partial charge in [0.25, 0.3) is 0 Å². The summed E-state index contributed by atoms with van der Waals surface area (Å²) in [5.74, 6) is 0.0457. The van der Waals surface area contributed by atoms with E-state index in [0.717, 1.165) is 23.2 Å². The van der Waals surface area contributed by atoms with Crippen molar-refractivity contribution in [1.82, 2.24) is 5.48 Å². The molecule has 0 saturated carbocycles. The van der Waals surface area contributed by atoms with Crippen LogP contribution in [0.2, 0.25) is 0 Å². The summed E-state index contributed by atoms with van der Waals surface area (Å²) in [5, 5.41) is 11.3. The van der Waals surface area contributed by atoms with Crippen molar-refractivity contribution in [3.63, 3.8) is 0 Å². The first-order valence-electron chi connectivity index (χ1n) is 4.59. The Bertz CT molecular complexity index is 363. The lowest BCUT2D eigenvalue weighted by molar-refractivity contribution is -0.115. The van der Waals surface area contributed by atoms with E-state index in [9.17, 15) is 4.79 Å². The van der Waals surface area contributed by atoms with Crippen molar-refractivity contribution in [3.8, 4) is 0 Å². The molecular weight excluding hydrogens is 180 g/mol. The van der Waals surface area contributed by atoms with Crippen molar-refractivity contribution in [2.45, 2.75) is 12.8 Å². The third-order valence-corrected chi connectivity index (χ3v) is 2.39. The fraction of sp³-hybridized carbons (Fsp3) is 0.300. The molecule has 0 aliphatic carbocycles. The van der Waals surface area contributed by atoms with Gasteiger partial charge in [0.2, 0.25) is 5.91 Å². The van der Waals surface area contributed by atoms with E-state index in [2.05, 4.69) is 10.8 Å². The number of carbonyl (C=O) groups is 1. The molecule has 0 atom stereocenters. The highest BCUT2D eigenvalue weighted by Gasteiger charge is 2.19. The summed E-state index contributed by atoms with van der Waals surface area (Å²) in [6, 6.07) is 5.80. The molecule has 4 heteroatoms. The Labute approximate surface area is 81.9 Å². The molecule has 1 amide bonds. The second kappa shape index (κ2) is 3.77. The lowest BCUT2D eigenvalue weighted by atomic mass is 10.0. The molecule has 1 aliphatic rings. The van der Waals surface area contributed by atoms with Gasteiger partial charge in [0, 0.05) is 12.2 Å². The first-order chi connectivity index (χ1) is 6.81. The smallest absolute Gasteiger partial charge is 0.228 e. The van der Waals surface area contributed by atoms with Crippen molar-refractivity contribution >= 4 is 11.6 Å². The van der Waals surface area contributed by atoms with Crippen LogP contribution >= 0.6 is 0 Å². The maximum Gasteiger partial charge on any atom is 0.228 e. The van der Waals surface area contributed by atoms with Gasteiger partial charge in [-0.25, -0.2) is 5.48 Å². The minimum Gasteiger partial charge on any atom is -0.326 e. The standard InChI is InChI=1S/C10H12N2O2/c13-10-6-8-7(4-5-11-14)2-1-3-9(8)12-10/h1-3,11,14H,4-6H2,(H,12,13). The minimum absolute atomic E-state index is 0.0457. The molecule has 0 fully saturated rings. The monoisotopic (exact) mass is 192 g/mol. The van der Waals surface area contributed by atoms with Crippen molar-refractivity contribution in [1.29, 1.82) is 0 Å². The van der Waals surface area contributed by atoms with Gasteiger partial charge in [0.1, 0.15) is 0 Å². The van der Waals surface area contributed by atoms with Crippen LogP contribution in [0.15, 0.2) is 18.2 Å². The Hall–Kier alpha value is -1.39. The number of hydrogen-bond acceptors (Lipinski definition) is 3. The highest BCUT2D eigenvalue weighted by molar-refractivity contribution is 5.99. The predicted molar refractivity (Wildman–Crippen MR) is 52.3 cm³/mol. The molecule has 0 spiro atoms. The van der Waals surface area contributed by atoms with E-state index in [1.54, 1.807) is 0 Å². The van der Waals surface area contributed by atoms with Gasteiger partial charge in [-0.1, -0.05) is 12.1 Å². The lowest BCUT2D eigenvalue weighted by Crippen LogP contribution is -2.12. The van der Waals surface area contributed by atoms with Crippen LogP contribution in [0.25, 0.3) is 0 Å². The van der Waals surface area contributed by atoms with Crippen LogP contribution in [0.4, 0.5) is 5.69 Å². The first kappa shape index (κ1) is 9.18. The molecule has 1 heterocycles. The fourth-order valence-electron chi connectivity index (χ4n) is 1.74. The van der Waals surface area contributed by atoms with Crippen LogP contribution in [0.1, 0.15) is 11.1 Å². The topological polar surface area (TPSA) is 61.4 Å². The number of anilines is 1. The van der Waals surface area contributed by atoms with E-state index in [-0.39, 0.29) is 5.91 Å². The molecule has 0 saturated heterocycles. The maximum atomic E-state index is 11.1. The summed E-state index contributed by atoms with van der Waals surface area (Å²) in [7, 11) is 0. The summed E-state index contributed by atoms with van der Waals surface area (Å²) in [6.07, 6.45) is 1.19. The average Bonchev–Trinajstić information content (AvgIpc) is 2.55. The third kappa shape index (κ3) is 1.62. The molecule has 1 aromatic carbocycles. The lowest BCUT2D eigenvalue weighted by Gasteiger charge is -2.05. The molecule has 3 N–H and O–H groups in total. The van der Waals surface area contributed by atoms with E-state index in [1.165, 1.54) is 0 Å². The average molecular weight is 192 g/mol. The molecule has 74 valence electrons. The molecule has 2 rings (SSSR count). The number of rotatable bonds is 3. The number of carbonyl (C=O) groups excluding carboxylic acids is 1. The van der Waals surface area contributed by atoms with Crippen LogP contribution in [-0.4, -0.2) is 17.7 Å². The Morgan fingerprint density at radius 2 is 2.36 bits per heavy atom. The van der Waals surface area contributed by atoms with Crippen molar-refractivity contribution < 1.29 is 10.0 Å². The van der Waals surface area contributed by atoms with Gasteiger partial charge in [-0.05, 0) is 23.6 Å². The predicted octanol–water partition coefficient (Wildman–Crippen LogP) is 0.703. The van der Waals surface area contributed by atoms with Gasteiger partial charge in [0.05, 0.1) is 6.42 Å². The molecule has 4 nitrogen and oxygen atoms in total. The number of benzene rings is 1. The zero-order valence-electron chi connectivity index (χ0n) is 7.71. The van der Waals surface area contributed by atoms with Crippen molar-refractivity contribution in [2.75, 3.05) is 11.9 Å². The normalized spacial score (nSPS) is 13.9. The second-order valence-electron chi connectivity index (χ2n) is 3.33. The summed E-state index contributed by atoms with van der Waals surface area (Å²) in [4.78, 5) is 11.1. The van der Waals surface area contributed by atoms with E-state index in [0.29, 0.717) is 13.0 Å². The molecule has 0 aromatic heterocycles. The van der Waals surface area contributed by atoms with Gasteiger partial charge < -0.3 is 10.5 Å². The van der Waals surface area contributed by atoms with Crippen LogP contribution in [0, 0.1) is 0 Å². The second-order valence-corrected chi connectivity index (χ2v) is 3.33. The molecule has 1 aromatic rings. The zero-order chi connectivity index (χ0) is 9.97. The number of hydroxylamine groups is 1. The van der Waals surface area contributed by atoms with Crippen LogP contribution in [0.3, 0.4) is 0 Å². The Morgan fingerprint density at radius 3 is 3.14 bits per heavy atom. The fourth-order valence-corrected chi connectivity index (χ4v) is 1.74. The first-order valence-corrected chi connectivity index (χ1v) is 4.59. The molecule has 0 radical (unpaired) electrons. The molecule has 14 heavy (non-hydrogen) atoms. The summed E-state index contributed by atoms with van der Waals surface area (Å²) < 4.78 is 0. The van der Waals surface area contributed by atoms with E-state index in [4.69, 9.17) is 5.21 Å². The van der Waals surface area contributed by atoms with Crippen LogP contribution in [-0.2, 0) is 17.6 Å². The molecule has 0 unspecified atom stereocenters. The van der Waals surface area contributed by atoms with Gasteiger partial charge in [0.15, 0.2) is 0 Å². The number of nitrogens with one attached hydrogen (secondary N) is 2. The Kier molecular flexibility index (Phi) is 2.47. The quantitative estimate of drug-likeness (QED) is 0.618. The highest BCUT2D eigenvalue weighted by atomic mass is 16.5. The van der Waals surface area contributed by atoms with E-state index < -0.39 is 0 Å². The largest absolute Gasteiger partial charge is 0.326 e. The van der Waals surface area contributed by atoms with E-state index in [1.807, 2.05) is 18.2 Å².